The van der Waals surface area contributed by atoms with Gasteiger partial charge in [-0.15, -0.1) is 11.3 Å². The average molecular weight is 301 g/mol. The first kappa shape index (κ1) is 14.0. The van der Waals surface area contributed by atoms with Crippen LogP contribution >= 0.6 is 11.3 Å². The molecule has 3 rings (SSSR count). The molecule has 2 nitrogen and oxygen atoms in total. The number of nitrogens with two attached hydrogens (primary N) is 1. The van der Waals surface area contributed by atoms with E-state index in [1.54, 1.807) is 29.5 Å². The summed E-state index contributed by atoms with van der Waals surface area (Å²) in [5, 5.41) is 3.21. The fourth-order valence-corrected chi connectivity index (χ4v) is 3.53. The molecular formula is C17H16FNOS. The molecule has 0 bridgehead atoms. The van der Waals surface area contributed by atoms with Gasteiger partial charge in [-0.2, -0.15) is 0 Å². The molecular weight excluding hydrogens is 285 g/mol. The van der Waals surface area contributed by atoms with Crippen molar-refractivity contribution in [2.75, 3.05) is 7.11 Å². The third kappa shape index (κ3) is 2.64. The van der Waals surface area contributed by atoms with Crippen LogP contribution in [0.1, 0.15) is 17.2 Å². The Balaban J connectivity index is 1.91. The molecule has 2 N–H and O–H groups in total. The van der Waals surface area contributed by atoms with Crippen LogP contribution in [0.3, 0.4) is 0 Å². The van der Waals surface area contributed by atoms with E-state index in [1.807, 2.05) is 12.1 Å². The number of ether oxygens (including phenoxy) is 1. The van der Waals surface area contributed by atoms with Crippen LogP contribution in [0.15, 0.2) is 47.8 Å². The van der Waals surface area contributed by atoms with Gasteiger partial charge < -0.3 is 10.5 Å². The van der Waals surface area contributed by atoms with E-state index in [2.05, 4.69) is 17.5 Å². The van der Waals surface area contributed by atoms with Gasteiger partial charge in [0.2, 0.25) is 0 Å². The number of methoxy groups -OCH3 is 1. The molecule has 0 aliphatic rings. The van der Waals surface area contributed by atoms with Crippen molar-refractivity contribution >= 4 is 21.4 Å². The van der Waals surface area contributed by atoms with E-state index >= 15 is 0 Å². The fraction of sp³-hybridized carbons (Fsp3) is 0.176. The predicted molar refractivity (Wildman–Crippen MR) is 85.4 cm³/mol. The van der Waals surface area contributed by atoms with Gasteiger partial charge in [0.1, 0.15) is 0 Å². The molecule has 3 aromatic rings. The van der Waals surface area contributed by atoms with E-state index < -0.39 is 0 Å². The number of benzene rings is 2. The summed E-state index contributed by atoms with van der Waals surface area (Å²) >= 11 is 1.67. The second-order valence-corrected chi connectivity index (χ2v) is 5.84. The maximum atomic E-state index is 14.2. The van der Waals surface area contributed by atoms with E-state index in [4.69, 9.17) is 10.5 Å². The molecule has 0 aliphatic carbocycles. The highest BCUT2D eigenvalue weighted by atomic mass is 32.1. The molecule has 1 unspecified atom stereocenters. The number of halogens is 1. The van der Waals surface area contributed by atoms with E-state index in [1.165, 1.54) is 11.8 Å². The van der Waals surface area contributed by atoms with Crippen molar-refractivity contribution < 1.29 is 9.13 Å². The largest absolute Gasteiger partial charge is 0.494 e. The maximum absolute atomic E-state index is 14.2. The van der Waals surface area contributed by atoms with Crippen LogP contribution in [0.2, 0.25) is 0 Å². The molecule has 1 heterocycles. The van der Waals surface area contributed by atoms with Gasteiger partial charge in [-0.1, -0.05) is 30.3 Å². The van der Waals surface area contributed by atoms with Crippen molar-refractivity contribution in [3.05, 3.63) is 64.8 Å². The van der Waals surface area contributed by atoms with Crippen molar-refractivity contribution in [1.29, 1.82) is 0 Å². The van der Waals surface area contributed by atoms with Crippen molar-refractivity contribution in [3.8, 4) is 5.75 Å². The Morgan fingerprint density at radius 3 is 2.81 bits per heavy atom. The van der Waals surface area contributed by atoms with Crippen LogP contribution in [0, 0.1) is 5.82 Å². The van der Waals surface area contributed by atoms with Crippen molar-refractivity contribution in [3.63, 3.8) is 0 Å². The Morgan fingerprint density at radius 2 is 2.00 bits per heavy atom. The van der Waals surface area contributed by atoms with E-state index in [-0.39, 0.29) is 17.6 Å². The van der Waals surface area contributed by atoms with Crippen LogP contribution in [0.4, 0.5) is 4.39 Å². The molecule has 2 aromatic carbocycles. The average Bonchev–Trinajstić information content (AvgIpc) is 2.93. The number of rotatable bonds is 4. The van der Waals surface area contributed by atoms with Crippen LogP contribution in [0.5, 0.6) is 5.75 Å². The third-order valence-corrected chi connectivity index (χ3v) is 4.60. The lowest BCUT2D eigenvalue weighted by molar-refractivity contribution is 0.383. The van der Waals surface area contributed by atoms with Crippen molar-refractivity contribution in [2.45, 2.75) is 12.5 Å². The van der Waals surface area contributed by atoms with Crippen molar-refractivity contribution in [1.82, 2.24) is 0 Å². The monoisotopic (exact) mass is 301 g/mol. The highest BCUT2D eigenvalue weighted by Gasteiger charge is 2.16. The smallest absolute Gasteiger partial charge is 0.168 e. The van der Waals surface area contributed by atoms with Gasteiger partial charge in [0.05, 0.1) is 7.11 Å². The first-order chi connectivity index (χ1) is 10.2. The topological polar surface area (TPSA) is 35.2 Å². The quantitative estimate of drug-likeness (QED) is 0.780. The Bertz CT molecular complexity index is 768. The van der Waals surface area contributed by atoms with Crippen LogP contribution in [-0.2, 0) is 6.42 Å². The number of thiophene rings is 1. The molecule has 4 heteroatoms. The van der Waals surface area contributed by atoms with E-state index in [0.717, 1.165) is 10.9 Å². The summed E-state index contributed by atoms with van der Waals surface area (Å²) < 4.78 is 20.4. The zero-order valence-electron chi connectivity index (χ0n) is 11.7. The second kappa shape index (κ2) is 5.84. The van der Waals surface area contributed by atoms with E-state index in [0.29, 0.717) is 12.0 Å². The van der Waals surface area contributed by atoms with Crippen LogP contribution in [-0.4, -0.2) is 7.11 Å². The van der Waals surface area contributed by atoms with Gasteiger partial charge in [-0.3, -0.25) is 0 Å². The molecule has 1 atom stereocenters. The summed E-state index contributed by atoms with van der Waals surface area (Å²) in [7, 11) is 1.47. The molecule has 0 amide bonds. The number of fused-ring (bicyclic) bond motifs is 1. The fourth-order valence-electron chi connectivity index (χ4n) is 2.50. The molecule has 1 aromatic heterocycles. The zero-order valence-corrected chi connectivity index (χ0v) is 12.5. The van der Waals surface area contributed by atoms with Gasteiger partial charge >= 0.3 is 0 Å². The SMILES string of the molecule is COc1cccc(CC(N)c2csc3ccccc23)c1F. The maximum Gasteiger partial charge on any atom is 0.168 e. The van der Waals surface area contributed by atoms with Gasteiger partial charge in [0, 0.05) is 10.7 Å². The third-order valence-electron chi connectivity index (χ3n) is 3.61. The molecule has 0 spiro atoms. The lowest BCUT2D eigenvalue weighted by Gasteiger charge is -2.13. The van der Waals surface area contributed by atoms with Gasteiger partial charge in [-0.05, 0) is 40.4 Å². The summed E-state index contributed by atoms with van der Waals surface area (Å²) in [6, 6.07) is 13.1. The highest BCUT2D eigenvalue weighted by Crippen LogP contribution is 2.31. The molecule has 0 saturated carbocycles. The Hall–Kier alpha value is -1.91. The second-order valence-electron chi connectivity index (χ2n) is 4.93. The summed E-state index contributed by atoms with van der Waals surface area (Å²) in [4.78, 5) is 0. The molecule has 0 saturated heterocycles. The number of hydrogen-bond donors (Lipinski definition) is 1. The molecule has 0 aliphatic heterocycles. The molecule has 21 heavy (non-hydrogen) atoms. The first-order valence-electron chi connectivity index (χ1n) is 6.74. The van der Waals surface area contributed by atoms with Gasteiger partial charge in [0.25, 0.3) is 0 Å². The summed E-state index contributed by atoms with van der Waals surface area (Å²) in [5.74, 6) is -0.0649. The van der Waals surface area contributed by atoms with Gasteiger partial charge in [0.15, 0.2) is 11.6 Å². The lowest BCUT2D eigenvalue weighted by Crippen LogP contribution is -2.14. The van der Waals surface area contributed by atoms with Crippen LogP contribution in [0.25, 0.3) is 10.1 Å². The standard InChI is InChI=1S/C17H16FNOS/c1-20-15-7-4-5-11(17(15)18)9-14(19)13-10-21-16-8-3-2-6-12(13)16/h2-8,10,14H,9,19H2,1H3. The minimum atomic E-state index is -0.324. The van der Waals surface area contributed by atoms with E-state index in [9.17, 15) is 4.39 Å². The summed E-state index contributed by atoms with van der Waals surface area (Å²) in [5.41, 5.74) is 7.95. The van der Waals surface area contributed by atoms with Crippen LogP contribution < -0.4 is 10.5 Å². The molecule has 0 radical (unpaired) electrons. The summed E-state index contributed by atoms with van der Waals surface area (Å²) in [6.45, 7) is 0. The first-order valence-corrected chi connectivity index (χ1v) is 7.61. The normalized spacial score (nSPS) is 12.5. The Kier molecular flexibility index (Phi) is 3.90. The molecule has 108 valence electrons. The number of hydrogen-bond acceptors (Lipinski definition) is 3. The Morgan fingerprint density at radius 1 is 1.19 bits per heavy atom. The molecule has 0 fully saturated rings. The minimum absolute atomic E-state index is 0.234. The predicted octanol–water partition coefficient (Wildman–Crippen LogP) is 4.29. The lowest BCUT2D eigenvalue weighted by atomic mass is 9.98. The summed E-state index contributed by atoms with van der Waals surface area (Å²) in [6.07, 6.45) is 0.448. The van der Waals surface area contributed by atoms with Gasteiger partial charge in [-0.25, -0.2) is 4.39 Å². The van der Waals surface area contributed by atoms with Crippen molar-refractivity contribution in [2.24, 2.45) is 5.73 Å². The minimum Gasteiger partial charge on any atom is -0.494 e. The zero-order chi connectivity index (χ0) is 14.8. The Labute approximate surface area is 127 Å². The highest BCUT2D eigenvalue weighted by molar-refractivity contribution is 7.17.